The third kappa shape index (κ3) is 5.84. The lowest BCUT2D eigenvalue weighted by Gasteiger charge is -2.19. The number of sulfonamides is 1. The molecule has 1 amide bonds. The van der Waals surface area contributed by atoms with Crippen LogP contribution < -0.4 is 5.32 Å². The van der Waals surface area contributed by atoms with Crippen molar-refractivity contribution >= 4 is 39.2 Å². The van der Waals surface area contributed by atoms with E-state index in [1.807, 2.05) is 0 Å². The smallest absolute Gasteiger partial charge is 0.330 e. The molecule has 0 atom stereocenters. The van der Waals surface area contributed by atoms with Gasteiger partial charge in [-0.2, -0.15) is 4.31 Å². The van der Waals surface area contributed by atoms with Gasteiger partial charge >= 0.3 is 5.97 Å². The summed E-state index contributed by atoms with van der Waals surface area (Å²) in [5.41, 5.74) is 0.238. The van der Waals surface area contributed by atoms with Crippen molar-refractivity contribution in [1.29, 1.82) is 0 Å². The number of carbonyl (C=O) groups excluding carboxylic acids is 2. The number of halogens is 1. The van der Waals surface area contributed by atoms with E-state index in [2.05, 4.69) is 5.32 Å². The zero-order valence-corrected chi connectivity index (χ0v) is 15.9. The molecule has 1 rings (SSSR count). The summed E-state index contributed by atoms with van der Waals surface area (Å²) >= 11 is 6.02. The van der Waals surface area contributed by atoms with E-state index in [1.54, 1.807) is 20.8 Å². The molecule has 1 aromatic rings. The fourth-order valence-corrected chi connectivity index (χ4v) is 3.96. The first-order valence-electron chi connectivity index (χ1n) is 7.65. The van der Waals surface area contributed by atoms with Gasteiger partial charge in [-0.05, 0) is 25.1 Å². The van der Waals surface area contributed by atoms with E-state index < -0.39 is 28.5 Å². The topological polar surface area (TPSA) is 92.8 Å². The Morgan fingerprint density at radius 1 is 1.28 bits per heavy atom. The van der Waals surface area contributed by atoms with E-state index in [0.717, 1.165) is 0 Å². The zero-order chi connectivity index (χ0) is 19.0. The van der Waals surface area contributed by atoms with Crippen molar-refractivity contribution in [2.24, 2.45) is 0 Å². The van der Waals surface area contributed by atoms with Crippen LogP contribution in [0.3, 0.4) is 0 Å². The molecular formula is C16H21ClN2O5S. The predicted octanol–water partition coefficient (Wildman–Crippen LogP) is 2.43. The molecule has 0 spiro atoms. The average molecular weight is 389 g/mol. The van der Waals surface area contributed by atoms with E-state index in [1.165, 1.54) is 34.7 Å². The van der Waals surface area contributed by atoms with Gasteiger partial charge in [0, 0.05) is 24.9 Å². The van der Waals surface area contributed by atoms with Gasteiger partial charge in [0.25, 0.3) is 5.91 Å². The van der Waals surface area contributed by atoms with Crippen molar-refractivity contribution in [1.82, 2.24) is 4.31 Å². The maximum absolute atomic E-state index is 12.6. The number of hydrogen-bond donors (Lipinski definition) is 1. The third-order valence-corrected chi connectivity index (χ3v) is 5.72. The predicted molar refractivity (Wildman–Crippen MR) is 96.0 cm³/mol. The number of nitrogens with one attached hydrogen (secondary N) is 1. The van der Waals surface area contributed by atoms with E-state index in [-0.39, 0.29) is 15.6 Å². The molecule has 7 nitrogen and oxygen atoms in total. The van der Waals surface area contributed by atoms with Crippen LogP contribution in [-0.4, -0.2) is 44.3 Å². The van der Waals surface area contributed by atoms with E-state index >= 15 is 0 Å². The minimum Gasteiger partial charge on any atom is -0.452 e. The second-order valence-electron chi connectivity index (χ2n) is 4.89. The van der Waals surface area contributed by atoms with Gasteiger partial charge in [0.2, 0.25) is 10.0 Å². The standard InChI is InChI=1S/C16H21ClN2O5S/c1-4-7-16(21)24-11-15(20)18-12-8-9-13(17)14(10-12)25(22,23)19(5-2)6-3/h4,7-10H,5-6,11H2,1-3H3,(H,18,20)/b7-4+. The first-order valence-corrected chi connectivity index (χ1v) is 9.47. The van der Waals surface area contributed by atoms with Gasteiger partial charge < -0.3 is 10.1 Å². The first kappa shape index (κ1) is 21.1. The number of benzene rings is 1. The number of esters is 1. The normalized spacial score (nSPS) is 11.7. The van der Waals surface area contributed by atoms with Crippen molar-refractivity contribution in [3.8, 4) is 0 Å². The summed E-state index contributed by atoms with van der Waals surface area (Å²) in [4.78, 5) is 22.9. The van der Waals surface area contributed by atoms with Crippen LogP contribution >= 0.6 is 11.6 Å². The number of ether oxygens (including phenoxy) is 1. The monoisotopic (exact) mass is 388 g/mol. The van der Waals surface area contributed by atoms with Gasteiger partial charge in [-0.25, -0.2) is 13.2 Å². The minimum atomic E-state index is -3.77. The van der Waals surface area contributed by atoms with Gasteiger partial charge in [-0.1, -0.05) is 31.5 Å². The van der Waals surface area contributed by atoms with Gasteiger partial charge in [-0.3, -0.25) is 4.79 Å². The zero-order valence-electron chi connectivity index (χ0n) is 14.3. The lowest BCUT2D eigenvalue weighted by Crippen LogP contribution is -2.31. The van der Waals surface area contributed by atoms with E-state index in [4.69, 9.17) is 16.3 Å². The molecule has 0 aliphatic carbocycles. The van der Waals surface area contributed by atoms with Crippen molar-refractivity contribution in [2.75, 3.05) is 25.0 Å². The molecule has 0 unspecified atom stereocenters. The van der Waals surface area contributed by atoms with Crippen LogP contribution in [0, 0.1) is 0 Å². The molecule has 0 aliphatic rings. The van der Waals surface area contributed by atoms with Crippen molar-refractivity contribution in [3.05, 3.63) is 35.4 Å². The summed E-state index contributed by atoms with van der Waals surface area (Å²) in [6.07, 6.45) is 2.67. The Kier molecular flexibility index (Phi) is 8.08. The van der Waals surface area contributed by atoms with Gasteiger partial charge in [-0.15, -0.1) is 0 Å². The molecule has 0 saturated carbocycles. The summed E-state index contributed by atoms with van der Waals surface area (Å²) in [7, 11) is -3.77. The molecular weight excluding hydrogens is 368 g/mol. The molecule has 0 heterocycles. The van der Waals surface area contributed by atoms with Crippen LogP contribution in [0.2, 0.25) is 5.02 Å². The van der Waals surface area contributed by atoms with Crippen molar-refractivity contribution in [2.45, 2.75) is 25.7 Å². The molecule has 138 valence electrons. The molecule has 0 aliphatic heterocycles. The summed E-state index contributed by atoms with van der Waals surface area (Å²) in [5, 5.41) is 2.53. The van der Waals surface area contributed by atoms with Crippen molar-refractivity contribution < 1.29 is 22.7 Å². The Bertz CT molecular complexity index is 758. The minimum absolute atomic E-state index is 0.0596. The van der Waals surface area contributed by atoms with Gasteiger partial charge in [0.05, 0.1) is 5.02 Å². The lowest BCUT2D eigenvalue weighted by molar-refractivity contribution is -0.142. The van der Waals surface area contributed by atoms with Crippen LogP contribution in [0.15, 0.2) is 35.2 Å². The molecule has 0 bridgehead atoms. The highest BCUT2D eigenvalue weighted by atomic mass is 35.5. The molecule has 0 saturated heterocycles. The van der Waals surface area contributed by atoms with Crippen LogP contribution in [0.5, 0.6) is 0 Å². The molecule has 0 radical (unpaired) electrons. The first-order chi connectivity index (χ1) is 11.8. The summed E-state index contributed by atoms with van der Waals surface area (Å²) in [5.74, 6) is -1.23. The second kappa shape index (κ2) is 9.55. The largest absolute Gasteiger partial charge is 0.452 e. The summed E-state index contributed by atoms with van der Waals surface area (Å²) in [6, 6.07) is 4.14. The number of anilines is 1. The second-order valence-corrected chi connectivity index (χ2v) is 7.20. The highest BCUT2D eigenvalue weighted by Crippen LogP contribution is 2.27. The van der Waals surface area contributed by atoms with Crippen molar-refractivity contribution in [3.63, 3.8) is 0 Å². The van der Waals surface area contributed by atoms with Gasteiger partial charge in [0.1, 0.15) is 4.90 Å². The number of nitrogens with zero attached hydrogens (tertiary/aromatic N) is 1. The highest BCUT2D eigenvalue weighted by Gasteiger charge is 2.25. The molecule has 9 heteroatoms. The van der Waals surface area contributed by atoms with Crippen LogP contribution in [0.25, 0.3) is 0 Å². The number of hydrogen-bond acceptors (Lipinski definition) is 5. The Morgan fingerprint density at radius 2 is 1.92 bits per heavy atom. The van der Waals surface area contributed by atoms with Gasteiger partial charge in [0.15, 0.2) is 6.61 Å². The highest BCUT2D eigenvalue weighted by molar-refractivity contribution is 7.89. The maximum Gasteiger partial charge on any atom is 0.330 e. The molecule has 25 heavy (non-hydrogen) atoms. The summed E-state index contributed by atoms with van der Waals surface area (Å²) < 4.78 is 31.2. The average Bonchev–Trinajstić information content (AvgIpc) is 2.55. The Hall–Kier alpha value is -1.90. The lowest BCUT2D eigenvalue weighted by atomic mass is 10.3. The fourth-order valence-electron chi connectivity index (χ4n) is 2.00. The molecule has 0 fully saturated rings. The Balaban J connectivity index is 2.95. The number of carbonyl (C=O) groups is 2. The number of rotatable bonds is 8. The molecule has 1 N–H and O–H groups in total. The number of allylic oxidation sites excluding steroid dienone is 1. The molecule has 0 aromatic heterocycles. The SMILES string of the molecule is C/C=C/C(=O)OCC(=O)Nc1ccc(Cl)c(S(=O)(=O)N(CC)CC)c1. The maximum atomic E-state index is 12.6. The number of amides is 1. The third-order valence-electron chi connectivity index (χ3n) is 3.19. The van der Waals surface area contributed by atoms with E-state index in [0.29, 0.717) is 13.1 Å². The van der Waals surface area contributed by atoms with Crippen LogP contribution in [0.1, 0.15) is 20.8 Å². The van der Waals surface area contributed by atoms with E-state index in [9.17, 15) is 18.0 Å². The van der Waals surface area contributed by atoms with Crippen LogP contribution in [-0.2, 0) is 24.3 Å². The van der Waals surface area contributed by atoms with Crippen LogP contribution in [0.4, 0.5) is 5.69 Å². The Morgan fingerprint density at radius 3 is 2.48 bits per heavy atom. The Labute approximate surface area is 152 Å². The quantitative estimate of drug-likeness (QED) is 0.545. The summed E-state index contributed by atoms with van der Waals surface area (Å²) in [6.45, 7) is 5.20. The fraction of sp³-hybridized carbons (Fsp3) is 0.375. The molecule has 1 aromatic carbocycles.